The number of hydrogen-bond donors (Lipinski definition) is 1. The van der Waals surface area contributed by atoms with Gasteiger partial charge in [0.1, 0.15) is 5.01 Å². The predicted molar refractivity (Wildman–Crippen MR) is 88.2 cm³/mol. The first-order chi connectivity index (χ1) is 10.1. The summed E-state index contributed by atoms with van der Waals surface area (Å²) in [6.07, 6.45) is 0.375. The zero-order chi connectivity index (χ0) is 14.8. The Kier molecular flexibility index (Phi) is 4.59. The van der Waals surface area contributed by atoms with E-state index in [0.717, 1.165) is 39.5 Å². The first-order valence-corrected chi connectivity index (χ1v) is 8.91. The molecule has 0 bridgehead atoms. The number of aromatic nitrogens is 1. The van der Waals surface area contributed by atoms with Crippen molar-refractivity contribution in [1.29, 1.82) is 0 Å². The van der Waals surface area contributed by atoms with Crippen molar-refractivity contribution in [3.63, 3.8) is 0 Å². The van der Waals surface area contributed by atoms with E-state index in [1.54, 1.807) is 11.3 Å². The number of rotatable bonds is 3. The third kappa shape index (κ3) is 3.45. The molecule has 0 aliphatic carbocycles. The van der Waals surface area contributed by atoms with E-state index in [-0.39, 0.29) is 11.9 Å². The Morgan fingerprint density at radius 1 is 1.57 bits per heavy atom. The second kappa shape index (κ2) is 6.44. The van der Waals surface area contributed by atoms with Gasteiger partial charge in [-0.2, -0.15) is 0 Å². The average molecular weight is 342 g/mol. The van der Waals surface area contributed by atoms with Crippen molar-refractivity contribution in [3.8, 4) is 9.88 Å². The van der Waals surface area contributed by atoms with Crippen molar-refractivity contribution in [2.24, 2.45) is 0 Å². The molecule has 1 atom stereocenters. The van der Waals surface area contributed by atoms with Crippen molar-refractivity contribution in [2.45, 2.75) is 19.4 Å². The highest BCUT2D eigenvalue weighted by atomic mass is 35.5. The van der Waals surface area contributed by atoms with Crippen molar-refractivity contribution in [2.75, 3.05) is 19.6 Å². The highest BCUT2D eigenvalue weighted by Crippen LogP contribution is 2.33. The molecule has 0 aromatic carbocycles. The summed E-state index contributed by atoms with van der Waals surface area (Å²) in [5.41, 5.74) is 0.843. The Balaban J connectivity index is 1.68. The molecule has 7 heteroatoms. The zero-order valence-electron chi connectivity index (χ0n) is 11.6. The molecular formula is C14H16ClN3OS2. The van der Waals surface area contributed by atoms with Gasteiger partial charge in [0.15, 0.2) is 0 Å². The molecule has 1 fully saturated rings. The molecule has 2 aromatic rings. The Morgan fingerprint density at radius 2 is 2.43 bits per heavy atom. The SMILES string of the molecule is C[C@@H]1CNCCN1C(=O)Cc1csc(-c2ccc(Cl)s2)n1. The van der Waals surface area contributed by atoms with Crippen LogP contribution in [0.5, 0.6) is 0 Å². The molecule has 1 amide bonds. The van der Waals surface area contributed by atoms with Crippen LogP contribution in [0.4, 0.5) is 0 Å². The van der Waals surface area contributed by atoms with Crippen LogP contribution in [0.1, 0.15) is 12.6 Å². The number of carbonyl (C=O) groups excluding carboxylic acids is 1. The normalized spacial score (nSPS) is 19.0. The van der Waals surface area contributed by atoms with E-state index >= 15 is 0 Å². The van der Waals surface area contributed by atoms with Crippen molar-refractivity contribution < 1.29 is 4.79 Å². The van der Waals surface area contributed by atoms with Gasteiger partial charge in [0.2, 0.25) is 5.91 Å². The topological polar surface area (TPSA) is 45.2 Å². The quantitative estimate of drug-likeness (QED) is 0.933. The molecule has 0 unspecified atom stereocenters. The molecule has 4 nitrogen and oxygen atoms in total. The minimum absolute atomic E-state index is 0.157. The fraction of sp³-hybridized carbons (Fsp3) is 0.429. The molecular weight excluding hydrogens is 326 g/mol. The van der Waals surface area contributed by atoms with Gasteiger partial charge in [-0.15, -0.1) is 22.7 Å². The zero-order valence-corrected chi connectivity index (χ0v) is 14.0. The van der Waals surface area contributed by atoms with Crippen LogP contribution in [0.25, 0.3) is 9.88 Å². The Labute approximate surface area is 136 Å². The van der Waals surface area contributed by atoms with Crippen LogP contribution in [0.3, 0.4) is 0 Å². The number of carbonyl (C=O) groups is 1. The van der Waals surface area contributed by atoms with Gasteiger partial charge in [0.25, 0.3) is 0 Å². The monoisotopic (exact) mass is 341 g/mol. The van der Waals surface area contributed by atoms with Crippen LogP contribution in [-0.4, -0.2) is 41.5 Å². The molecule has 1 saturated heterocycles. The van der Waals surface area contributed by atoms with Crippen molar-refractivity contribution >= 4 is 40.2 Å². The lowest BCUT2D eigenvalue weighted by molar-refractivity contribution is -0.133. The molecule has 0 saturated carbocycles. The van der Waals surface area contributed by atoms with E-state index in [9.17, 15) is 4.79 Å². The number of nitrogens with one attached hydrogen (secondary N) is 1. The predicted octanol–water partition coefficient (Wildman–Crippen LogP) is 2.89. The molecule has 1 N–H and O–H groups in total. The van der Waals surface area contributed by atoms with E-state index in [1.807, 2.05) is 22.4 Å². The number of amides is 1. The van der Waals surface area contributed by atoms with Crippen molar-refractivity contribution in [3.05, 3.63) is 27.5 Å². The minimum atomic E-state index is 0.157. The number of thiazole rings is 1. The standard InChI is InChI=1S/C14H16ClN3OS2/c1-9-7-16-4-5-18(9)13(19)6-10-8-20-14(17-10)11-2-3-12(15)21-11/h2-3,8-9,16H,4-7H2,1H3/t9-/m1/s1. The summed E-state index contributed by atoms with van der Waals surface area (Å²) < 4.78 is 0.757. The Morgan fingerprint density at radius 3 is 3.14 bits per heavy atom. The first-order valence-electron chi connectivity index (χ1n) is 6.84. The van der Waals surface area contributed by atoms with Gasteiger partial charge in [-0.25, -0.2) is 4.98 Å². The number of halogens is 1. The fourth-order valence-electron chi connectivity index (χ4n) is 2.40. The lowest BCUT2D eigenvalue weighted by atomic mass is 10.2. The summed E-state index contributed by atoms with van der Waals surface area (Å²) in [5, 5.41) is 6.19. The molecule has 21 heavy (non-hydrogen) atoms. The van der Waals surface area contributed by atoms with Crippen LogP contribution >= 0.6 is 34.3 Å². The van der Waals surface area contributed by atoms with E-state index in [1.165, 1.54) is 11.3 Å². The van der Waals surface area contributed by atoms with Gasteiger partial charge < -0.3 is 10.2 Å². The molecule has 0 spiro atoms. The average Bonchev–Trinajstić information content (AvgIpc) is 3.08. The smallest absolute Gasteiger partial charge is 0.228 e. The maximum atomic E-state index is 12.4. The summed E-state index contributed by atoms with van der Waals surface area (Å²) in [7, 11) is 0. The van der Waals surface area contributed by atoms with Crippen LogP contribution < -0.4 is 5.32 Å². The molecule has 0 radical (unpaired) electrons. The van der Waals surface area contributed by atoms with Gasteiger partial charge in [-0.3, -0.25) is 4.79 Å². The molecule has 1 aliphatic heterocycles. The minimum Gasteiger partial charge on any atom is -0.337 e. The van der Waals surface area contributed by atoms with E-state index < -0.39 is 0 Å². The van der Waals surface area contributed by atoms with Crippen molar-refractivity contribution in [1.82, 2.24) is 15.2 Å². The highest BCUT2D eigenvalue weighted by molar-refractivity contribution is 7.23. The summed E-state index contributed by atoms with van der Waals surface area (Å²) in [5.74, 6) is 0.157. The summed E-state index contributed by atoms with van der Waals surface area (Å²) in [6.45, 7) is 4.58. The summed E-state index contributed by atoms with van der Waals surface area (Å²) >= 11 is 9.02. The van der Waals surface area contributed by atoms with E-state index in [0.29, 0.717) is 6.42 Å². The second-order valence-electron chi connectivity index (χ2n) is 5.06. The third-order valence-corrected chi connectivity index (χ3v) is 5.78. The molecule has 3 rings (SSSR count). The van der Waals surface area contributed by atoms with Gasteiger partial charge in [0.05, 0.1) is 21.3 Å². The lowest BCUT2D eigenvalue weighted by Gasteiger charge is -2.33. The molecule has 2 aromatic heterocycles. The van der Waals surface area contributed by atoms with Crippen LogP contribution in [0.2, 0.25) is 4.34 Å². The van der Waals surface area contributed by atoms with Crippen LogP contribution in [0, 0.1) is 0 Å². The van der Waals surface area contributed by atoms with E-state index in [2.05, 4.69) is 17.2 Å². The Bertz CT molecular complexity index is 640. The summed E-state index contributed by atoms with van der Waals surface area (Å²) in [6, 6.07) is 4.09. The molecule has 112 valence electrons. The maximum absolute atomic E-state index is 12.4. The van der Waals surface area contributed by atoms with Gasteiger partial charge >= 0.3 is 0 Å². The highest BCUT2D eigenvalue weighted by Gasteiger charge is 2.23. The maximum Gasteiger partial charge on any atom is 0.228 e. The van der Waals surface area contributed by atoms with Gasteiger partial charge in [-0.1, -0.05) is 11.6 Å². The fourth-order valence-corrected chi connectivity index (χ4v) is 4.33. The van der Waals surface area contributed by atoms with Crippen LogP contribution in [0.15, 0.2) is 17.5 Å². The third-order valence-electron chi connectivity index (χ3n) is 3.49. The number of nitrogens with zero attached hydrogens (tertiary/aromatic N) is 2. The molecule has 1 aliphatic rings. The second-order valence-corrected chi connectivity index (χ2v) is 7.64. The lowest BCUT2D eigenvalue weighted by Crippen LogP contribution is -2.52. The summed E-state index contributed by atoms with van der Waals surface area (Å²) in [4.78, 5) is 19.9. The van der Waals surface area contributed by atoms with Crippen LogP contribution in [-0.2, 0) is 11.2 Å². The Hall–Kier alpha value is -0.950. The van der Waals surface area contributed by atoms with Gasteiger partial charge in [-0.05, 0) is 19.1 Å². The largest absolute Gasteiger partial charge is 0.337 e. The first kappa shape index (κ1) is 15.0. The number of hydrogen-bond acceptors (Lipinski definition) is 5. The number of thiophene rings is 1. The van der Waals surface area contributed by atoms with Gasteiger partial charge in [0, 0.05) is 31.1 Å². The van der Waals surface area contributed by atoms with E-state index in [4.69, 9.17) is 11.6 Å². The molecule has 3 heterocycles. The number of piperazine rings is 1.